The third-order valence-electron chi connectivity index (χ3n) is 4.95. The fraction of sp³-hybridized carbons (Fsp3) is 0.562. The molecule has 1 saturated heterocycles. The Bertz CT molecular complexity index is 748. The summed E-state index contributed by atoms with van der Waals surface area (Å²) < 4.78 is 7.52. The molecule has 128 valence electrons. The van der Waals surface area contributed by atoms with Crippen molar-refractivity contribution in [1.29, 1.82) is 0 Å². The van der Waals surface area contributed by atoms with E-state index in [-0.39, 0.29) is 0 Å². The van der Waals surface area contributed by atoms with Crippen molar-refractivity contribution in [2.45, 2.75) is 38.8 Å². The normalized spacial score (nSPS) is 17.4. The molecule has 0 atom stereocenters. The molecule has 7 nitrogen and oxygen atoms in total. The highest BCUT2D eigenvalue weighted by molar-refractivity contribution is 7.19. The number of hydrogen-bond donors (Lipinski definition) is 2. The lowest BCUT2D eigenvalue weighted by atomic mass is 9.94. The van der Waals surface area contributed by atoms with Gasteiger partial charge in [-0.1, -0.05) is 0 Å². The molecule has 0 amide bonds. The van der Waals surface area contributed by atoms with Crippen molar-refractivity contribution >= 4 is 16.3 Å². The van der Waals surface area contributed by atoms with Crippen LogP contribution >= 0.6 is 11.3 Å². The van der Waals surface area contributed by atoms with Gasteiger partial charge in [-0.15, -0.1) is 16.2 Å². The van der Waals surface area contributed by atoms with Crippen molar-refractivity contribution < 1.29 is 4.74 Å². The van der Waals surface area contributed by atoms with Gasteiger partial charge in [0.15, 0.2) is 0 Å². The second-order valence-corrected chi connectivity index (χ2v) is 7.41. The number of aromatic nitrogens is 2. The van der Waals surface area contributed by atoms with Crippen LogP contribution in [0.15, 0.2) is 11.5 Å². The molecule has 3 N–H and O–H groups in total. The highest BCUT2D eigenvalue weighted by Crippen LogP contribution is 2.44. The van der Waals surface area contributed by atoms with E-state index in [4.69, 9.17) is 15.6 Å². The summed E-state index contributed by atoms with van der Waals surface area (Å²) >= 11 is 1.56. The third kappa shape index (κ3) is 2.74. The van der Waals surface area contributed by atoms with Gasteiger partial charge in [0.05, 0.1) is 11.0 Å². The van der Waals surface area contributed by atoms with Crippen molar-refractivity contribution in [2.24, 2.45) is 16.9 Å². The number of rotatable bonds is 5. The zero-order valence-corrected chi connectivity index (χ0v) is 14.3. The average molecular weight is 347 g/mol. The molecule has 0 saturated carbocycles. The summed E-state index contributed by atoms with van der Waals surface area (Å²) in [4.78, 5) is 11.8. The zero-order chi connectivity index (χ0) is 16.5. The van der Waals surface area contributed by atoms with Gasteiger partial charge in [-0.2, -0.15) is 5.10 Å². The number of fused-ring (bicyclic) bond motifs is 3. The summed E-state index contributed by atoms with van der Waals surface area (Å²) in [7, 11) is 0. The van der Waals surface area contributed by atoms with Crippen LogP contribution in [0.2, 0.25) is 0 Å². The molecule has 24 heavy (non-hydrogen) atoms. The quantitative estimate of drug-likeness (QED) is 0.640. The first-order valence-electron chi connectivity index (χ1n) is 8.37. The van der Waals surface area contributed by atoms with Gasteiger partial charge in [0, 0.05) is 48.5 Å². The summed E-state index contributed by atoms with van der Waals surface area (Å²) in [6.45, 7) is 3.07. The number of thiophene rings is 1. The molecule has 4 rings (SSSR count). The molecule has 0 radical (unpaired) electrons. The van der Waals surface area contributed by atoms with Crippen LogP contribution in [0.25, 0.3) is 10.4 Å². The Balaban J connectivity index is 1.64. The predicted molar refractivity (Wildman–Crippen MR) is 93.8 cm³/mol. The maximum absolute atomic E-state index is 10.6. The van der Waals surface area contributed by atoms with Crippen LogP contribution < -0.4 is 11.2 Å². The monoisotopic (exact) mass is 347 g/mol. The summed E-state index contributed by atoms with van der Waals surface area (Å²) in [6.07, 6.45) is 6.19. The van der Waals surface area contributed by atoms with Gasteiger partial charge < -0.3 is 10.5 Å². The summed E-state index contributed by atoms with van der Waals surface area (Å²) in [6, 6.07) is 0. The minimum Gasteiger partial charge on any atom is -0.381 e. The van der Waals surface area contributed by atoms with E-state index in [1.807, 2.05) is 0 Å². The summed E-state index contributed by atoms with van der Waals surface area (Å²) in [5.41, 5.74) is 13.0. The fourth-order valence-electron chi connectivity index (χ4n) is 3.70. The maximum atomic E-state index is 10.6. The standard InChI is InChI=1S/C16H21N5O2S/c17-7-12-11-1-2-14-13(15(11)24-16(12)18-20-22)9-21(19-14)8-10-3-5-23-6-4-10/h9-10H,1-8,17H2,(H,18,22). The lowest BCUT2D eigenvalue weighted by Gasteiger charge is -2.21. The Morgan fingerprint density at radius 2 is 2.25 bits per heavy atom. The van der Waals surface area contributed by atoms with Gasteiger partial charge in [-0.25, -0.2) is 5.43 Å². The Morgan fingerprint density at radius 3 is 3.00 bits per heavy atom. The number of hydrogen-bond acceptors (Lipinski definition) is 6. The Labute approximate surface area is 144 Å². The number of nitrogens with one attached hydrogen (secondary N) is 1. The molecule has 0 unspecified atom stereocenters. The number of nitrogens with zero attached hydrogens (tertiary/aromatic N) is 3. The van der Waals surface area contributed by atoms with Crippen molar-refractivity contribution in [3.05, 3.63) is 27.9 Å². The highest BCUT2D eigenvalue weighted by Gasteiger charge is 2.27. The first-order valence-corrected chi connectivity index (χ1v) is 9.19. The predicted octanol–water partition coefficient (Wildman–Crippen LogP) is 2.69. The topological polar surface area (TPSA) is 94.5 Å². The van der Waals surface area contributed by atoms with Gasteiger partial charge in [-0.3, -0.25) is 4.68 Å². The van der Waals surface area contributed by atoms with E-state index in [9.17, 15) is 4.91 Å². The molecule has 1 aliphatic heterocycles. The second-order valence-electron chi connectivity index (χ2n) is 6.39. The number of nitroso groups, excluding NO2 is 1. The molecule has 1 aliphatic carbocycles. The second kappa shape index (κ2) is 6.62. The smallest absolute Gasteiger partial charge is 0.117 e. The summed E-state index contributed by atoms with van der Waals surface area (Å²) in [5.74, 6) is 0.638. The lowest BCUT2D eigenvalue weighted by molar-refractivity contribution is 0.0601. The molecule has 0 bridgehead atoms. The van der Waals surface area contributed by atoms with Crippen LogP contribution in [-0.2, 0) is 30.7 Å². The molecule has 0 aromatic carbocycles. The van der Waals surface area contributed by atoms with Gasteiger partial charge in [0.25, 0.3) is 0 Å². The molecular formula is C16H21N5O2S. The first kappa shape index (κ1) is 15.7. The fourth-order valence-corrected chi connectivity index (χ4v) is 4.94. The molecule has 0 spiro atoms. The Kier molecular flexibility index (Phi) is 4.34. The van der Waals surface area contributed by atoms with E-state index in [1.165, 1.54) is 16.0 Å². The van der Waals surface area contributed by atoms with Gasteiger partial charge in [0.2, 0.25) is 0 Å². The van der Waals surface area contributed by atoms with Gasteiger partial charge >= 0.3 is 0 Å². The zero-order valence-electron chi connectivity index (χ0n) is 13.5. The Morgan fingerprint density at radius 1 is 1.42 bits per heavy atom. The van der Waals surface area contributed by atoms with Crippen molar-refractivity contribution in [3.8, 4) is 10.4 Å². The van der Waals surface area contributed by atoms with Crippen LogP contribution in [0.1, 0.15) is 29.7 Å². The first-order chi connectivity index (χ1) is 11.8. The average Bonchev–Trinajstić information content (AvgIpc) is 3.16. The van der Waals surface area contributed by atoms with Crippen molar-refractivity contribution in [3.63, 3.8) is 0 Å². The van der Waals surface area contributed by atoms with E-state index < -0.39 is 0 Å². The van der Waals surface area contributed by atoms with Crippen LogP contribution in [0.4, 0.5) is 5.00 Å². The van der Waals surface area contributed by atoms with E-state index in [0.717, 1.165) is 61.7 Å². The molecule has 3 heterocycles. The van der Waals surface area contributed by atoms with Gasteiger partial charge in [-0.05, 0) is 37.2 Å². The SMILES string of the molecule is NCc1c(NN=O)sc2c1CCc1nn(CC3CCOCC3)cc1-2. The van der Waals surface area contributed by atoms with E-state index >= 15 is 0 Å². The minimum atomic E-state index is 0.412. The highest BCUT2D eigenvalue weighted by atomic mass is 32.1. The third-order valence-corrected chi connectivity index (χ3v) is 6.16. The van der Waals surface area contributed by atoms with E-state index in [1.54, 1.807) is 11.3 Å². The molecule has 2 aromatic heterocycles. The summed E-state index contributed by atoms with van der Waals surface area (Å²) in [5, 5.41) is 8.39. The van der Waals surface area contributed by atoms with Gasteiger partial charge in [0.1, 0.15) is 5.00 Å². The molecule has 8 heteroatoms. The maximum Gasteiger partial charge on any atom is 0.117 e. The molecule has 2 aromatic rings. The van der Waals surface area contributed by atoms with Crippen molar-refractivity contribution in [1.82, 2.24) is 9.78 Å². The number of anilines is 1. The minimum absolute atomic E-state index is 0.412. The largest absolute Gasteiger partial charge is 0.381 e. The van der Waals surface area contributed by atoms with Crippen molar-refractivity contribution in [2.75, 3.05) is 18.6 Å². The molecular weight excluding hydrogens is 326 g/mol. The molecule has 1 fully saturated rings. The van der Waals surface area contributed by atoms with Crippen LogP contribution in [0.3, 0.4) is 0 Å². The Hall–Kier alpha value is -1.77. The van der Waals surface area contributed by atoms with E-state index in [2.05, 4.69) is 21.6 Å². The lowest BCUT2D eigenvalue weighted by Crippen LogP contribution is -2.20. The number of nitrogens with two attached hydrogens (primary N) is 1. The van der Waals surface area contributed by atoms with Crippen LogP contribution in [-0.4, -0.2) is 23.0 Å². The van der Waals surface area contributed by atoms with Crippen LogP contribution in [0.5, 0.6) is 0 Å². The molecule has 2 aliphatic rings. The number of ether oxygens (including phenoxy) is 1. The number of aryl methyl sites for hydroxylation is 1. The van der Waals surface area contributed by atoms with E-state index in [0.29, 0.717) is 12.5 Å². The van der Waals surface area contributed by atoms with Crippen LogP contribution in [0, 0.1) is 10.8 Å².